The van der Waals surface area contributed by atoms with Crippen molar-refractivity contribution in [1.82, 2.24) is 4.90 Å². The zero-order chi connectivity index (χ0) is 18.0. The second-order valence-electron chi connectivity index (χ2n) is 8.07. The van der Waals surface area contributed by atoms with Crippen LogP contribution >= 0.6 is 0 Å². The van der Waals surface area contributed by atoms with Crippen LogP contribution in [0.1, 0.15) is 59.9 Å². The summed E-state index contributed by atoms with van der Waals surface area (Å²) in [5, 5.41) is 0. The van der Waals surface area contributed by atoms with Gasteiger partial charge in [0.05, 0.1) is 12.1 Å². The van der Waals surface area contributed by atoms with Crippen LogP contribution in [0.3, 0.4) is 0 Å². The summed E-state index contributed by atoms with van der Waals surface area (Å²) in [5.41, 5.74) is 0.180. The van der Waals surface area contributed by atoms with E-state index in [1.165, 1.54) is 5.56 Å². The molecular weight excluding hydrogens is 302 g/mol. The molecule has 1 aliphatic heterocycles. The number of carbonyl (C=O) groups excluding carboxylic acids is 1. The van der Waals surface area contributed by atoms with Crippen molar-refractivity contribution in [3.63, 3.8) is 0 Å². The van der Waals surface area contributed by atoms with Gasteiger partial charge >= 0.3 is 6.09 Å². The Bertz CT molecular complexity index is 548. The van der Waals surface area contributed by atoms with Crippen LogP contribution in [0.15, 0.2) is 30.3 Å². The van der Waals surface area contributed by atoms with Crippen LogP contribution < -0.4 is 0 Å². The molecule has 0 bridgehead atoms. The summed E-state index contributed by atoms with van der Waals surface area (Å²) < 4.78 is 11.6. The van der Waals surface area contributed by atoms with Gasteiger partial charge in [0.25, 0.3) is 0 Å². The van der Waals surface area contributed by atoms with Crippen molar-refractivity contribution in [2.24, 2.45) is 0 Å². The molecule has 1 heterocycles. The van der Waals surface area contributed by atoms with Gasteiger partial charge in [-0.2, -0.15) is 0 Å². The van der Waals surface area contributed by atoms with E-state index in [1.54, 1.807) is 4.90 Å². The Morgan fingerprint density at radius 1 is 1.25 bits per heavy atom. The first kappa shape index (κ1) is 18.8. The average molecular weight is 333 g/mol. The number of rotatable bonds is 4. The summed E-state index contributed by atoms with van der Waals surface area (Å²) in [6.07, 6.45) is 2.63. The smallest absolute Gasteiger partial charge is 0.412 e. The summed E-state index contributed by atoms with van der Waals surface area (Å²) >= 11 is 0. The zero-order valence-corrected chi connectivity index (χ0v) is 15.8. The van der Waals surface area contributed by atoms with Crippen molar-refractivity contribution in [2.45, 2.75) is 84.3 Å². The lowest BCUT2D eigenvalue weighted by Crippen LogP contribution is -2.50. The van der Waals surface area contributed by atoms with E-state index in [4.69, 9.17) is 9.47 Å². The molecule has 1 fully saturated rings. The van der Waals surface area contributed by atoms with Crippen LogP contribution in [0, 0.1) is 0 Å². The number of carbonyl (C=O) groups is 1. The Morgan fingerprint density at radius 2 is 1.88 bits per heavy atom. The molecule has 2 rings (SSSR count). The van der Waals surface area contributed by atoms with E-state index in [-0.39, 0.29) is 18.2 Å². The Hall–Kier alpha value is -1.55. The number of aryl methyl sites for hydroxylation is 1. The van der Waals surface area contributed by atoms with Crippen LogP contribution in [0.5, 0.6) is 0 Å². The summed E-state index contributed by atoms with van der Waals surface area (Å²) in [5.74, 6) is 0. The van der Waals surface area contributed by atoms with Crippen LogP contribution in [0.25, 0.3) is 0 Å². The highest BCUT2D eigenvalue weighted by Crippen LogP contribution is 2.35. The number of hydrogen-bond donors (Lipinski definition) is 0. The molecule has 0 saturated carbocycles. The first-order chi connectivity index (χ1) is 11.1. The van der Waals surface area contributed by atoms with E-state index >= 15 is 0 Å². The molecule has 1 saturated heterocycles. The van der Waals surface area contributed by atoms with E-state index in [1.807, 2.05) is 47.6 Å². The molecule has 134 valence electrons. The minimum Gasteiger partial charge on any atom is -0.444 e. The molecule has 1 aromatic carbocycles. The topological polar surface area (TPSA) is 38.8 Å². The molecule has 0 radical (unpaired) electrons. The summed E-state index contributed by atoms with van der Waals surface area (Å²) in [7, 11) is 0. The van der Waals surface area contributed by atoms with Crippen LogP contribution in [0.2, 0.25) is 0 Å². The molecule has 24 heavy (non-hydrogen) atoms. The summed E-state index contributed by atoms with van der Waals surface area (Å²) in [6, 6.07) is 10.5. The molecule has 0 unspecified atom stereocenters. The van der Waals surface area contributed by atoms with E-state index in [9.17, 15) is 4.79 Å². The van der Waals surface area contributed by atoms with Crippen molar-refractivity contribution in [2.75, 3.05) is 0 Å². The second-order valence-corrected chi connectivity index (χ2v) is 8.07. The third-order valence-corrected chi connectivity index (χ3v) is 4.33. The minimum atomic E-state index is -0.640. The van der Waals surface area contributed by atoms with E-state index in [0.29, 0.717) is 0 Å². The molecular formula is C20H31NO3. The van der Waals surface area contributed by atoms with Gasteiger partial charge in [0, 0.05) is 0 Å². The highest BCUT2D eigenvalue weighted by atomic mass is 16.6. The summed E-state index contributed by atoms with van der Waals surface area (Å²) in [6.45, 7) is 11.6. The standard InChI is InChI=1S/C20H31NO3/c1-15-17(14-10-13-16-11-8-7-9-12-16)21(20(5,6)23-15)18(22)24-19(2,3)4/h7-9,11-12,15,17H,10,13-14H2,1-6H3/t15-,17-/m0/s1. The van der Waals surface area contributed by atoms with E-state index in [0.717, 1.165) is 19.3 Å². The highest BCUT2D eigenvalue weighted by molar-refractivity contribution is 5.69. The minimum absolute atomic E-state index is 0.00305. The Morgan fingerprint density at radius 3 is 2.46 bits per heavy atom. The highest BCUT2D eigenvalue weighted by Gasteiger charge is 2.49. The Kier molecular flexibility index (Phi) is 5.59. The fourth-order valence-corrected chi connectivity index (χ4v) is 3.39. The van der Waals surface area contributed by atoms with Crippen molar-refractivity contribution in [1.29, 1.82) is 0 Å². The van der Waals surface area contributed by atoms with E-state index in [2.05, 4.69) is 24.3 Å². The largest absolute Gasteiger partial charge is 0.444 e. The van der Waals surface area contributed by atoms with Crippen molar-refractivity contribution < 1.29 is 14.3 Å². The Balaban J connectivity index is 2.03. The van der Waals surface area contributed by atoms with Gasteiger partial charge in [-0.1, -0.05) is 30.3 Å². The number of amides is 1. The van der Waals surface area contributed by atoms with Gasteiger partial charge in [-0.25, -0.2) is 4.79 Å². The van der Waals surface area contributed by atoms with Crippen molar-refractivity contribution in [3.8, 4) is 0 Å². The van der Waals surface area contributed by atoms with E-state index < -0.39 is 11.3 Å². The maximum Gasteiger partial charge on any atom is 0.412 e. The molecule has 4 nitrogen and oxygen atoms in total. The first-order valence-electron chi connectivity index (χ1n) is 8.84. The molecule has 1 aliphatic rings. The second kappa shape index (κ2) is 7.14. The SMILES string of the molecule is C[C@@H]1OC(C)(C)N(C(=O)OC(C)(C)C)[C@H]1CCCc1ccccc1. The van der Waals surface area contributed by atoms with Gasteiger partial charge in [-0.05, 0) is 66.4 Å². The van der Waals surface area contributed by atoms with Gasteiger partial charge in [0.2, 0.25) is 0 Å². The molecule has 0 spiro atoms. The van der Waals surface area contributed by atoms with Gasteiger partial charge < -0.3 is 9.47 Å². The molecule has 0 aliphatic carbocycles. The average Bonchev–Trinajstić information content (AvgIpc) is 2.67. The van der Waals surface area contributed by atoms with Gasteiger partial charge in [-0.15, -0.1) is 0 Å². The maximum atomic E-state index is 12.7. The first-order valence-corrected chi connectivity index (χ1v) is 8.84. The number of benzene rings is 1. The molecule has 1 amide bonds. The lowest BCUT2D eigenvalue weighted by Gasteiger charge is -2.35. The van der Waals surface area contributed by atoms with Crippen molar-refractivity contribution >= 4 is 6.09 Å². The molecule has 2 atom stereocenters. The molecule has 0 N–H and O–H groups in total. The van der Waals surface area contributed by atoms with Gasteiger partial charge in [0.15, 0.2) is 0 Å². The monoisotopic (exact) mass is 333 g/mol. The molecule has 4 heteroatoms. The summed E-state index contributed by atoms with van der Waals surface area (Å²) in [4.78, 5) is 14.5. The normalized spacial score (nSPS) is 23.3. The third kappa shape index (κ3) is 4.73. The van der Waals surface area contributed by atoms with Crippen LogP contribution in [0.4, 0.5) is 4.79 Å². The number of nitrogens with zero attached hydrogens (tertiary/aromatic N) is 1. The quantitative estimate of drug-likeness (QED) is 0.796. The predicted octanol–water partition coefficient (Wildman–Crippen LogP) is 4.77. The van der Waals surface area contributed by atoms with Crippen LogP contribution in [-0.4, -0.2) is 34.5 Å². The van der Waals surface area contributed by atoms with Crippen molar-refractivity contribution in [3.05, 3.63) is 35.9 Å². The lowest BCUT2D eigenvalue weighted by molar-refractivity contribution is -0.0757. The third-order valence-electron chi connectivity index (χ3n) is 4.33. The van der Waals surface area contributed by atoms with Crippen LogP contribution in [-0.2, 0) is 15.9 Å². The maximum absolute atomic E-state index is 12.7. The number of ether oxygens (including phenoxy) is 2. The lowest BCUT2D eigenvalue weighted by atomic mass is 10.0. The zero-order valence-electron chi connectivity index (χ0n) is 15.8. The fourth-order valence-electron chi connectivity index (χ4n) is 3.39. The van der Waals surface area contributed by atoms with Gasteiger partial charge in [0.1, 0.15) is 11.3 Å². The predicted molar refractivity (Wildman–Crippen MR) is 95.9 cm³/mol. The number of hydrogen-bond acceptors (Lipinski definition) is 3. The van der Waals surface area contributed by atoms with Gasteiger partial charge in [-0.3, -0.25) is 4.90 Å². The molecule has 1 aromatic rings. The Labute approximate surface area is 146 Å². The molecule has 0 aromatic heterocycles. The fraction of sp³-hybridized carbons (Fsp3) is 0.650.